The van der Waals surface area contributed by atoms with Crippen LogP contribution in [0, 0.1) is 22.7 Å². The van der Waals surface area contributed by atoms with Crippen LogP contribution in [0.2, 0.25) is 10.0 Å². The molecule has 2 aromatic heterocycles. The van der Waals surface area contributed by atoms with Gasteiger partial charge in [-0.25, -0.2) is 4.98 Å². The third kappa shape index (κ3) is 4.62. The summed E-state index contributed by atoms with van der Waals surface area (Å²) >= 11 is 13.2. The van der Waals surface area contributed by atoms with Crippen molar-refractivity contribution < 1.29 is 9.21 Å². The Hall–Kier alpha value is -3.17. The number of carbonyl (C=O) groups excluding carboxylic acids is 1. The predicted octanol–water partition coefficient (Wildman–Crippen LogP) is 5.48. The lowest BCUT2D eigenvalue weighted by Gasteiger charge is -2.17. The minimum Gasteiger partial charge on any atom is -0.464 e. The Morgan fingerprint density at radius 2 is 2.00 bits per heavy atom. The summed E-state index contributed by atoms with van der Waals surface area (Å²) in [5, 5.41) is 22.2. The number of pyridine rings is 1. The second-order valence-electron chi connectivity index (χ2n) is 6.23. The molecule has 3 aromatic rings. The van der Waals surface area contributed by atoms with E-state index >= 15 is 0 Å². The first-order valence-electron chi connectivity index (χ1n) is 9.00. The molecule has 0 spiro atoms. The lowest BCUT2D eigenvalue weighted by molar-refractivity contribution is -0.115. The molecule has 0 aliphatic carbocycles. The number of hydrogen-bond donors (Lipinski definition) is 2. The van der Waals surface area contributed by atoms with Gasteiger partial charge in [-0.1, -0.05) is 48.0 Å². The zero-order chi connectivity index (χ0) is 22.5. The molecule has 3 rings (SSSR count). The van der Waals surface area contributed by atoms with Gasteiger partial charge < -0.3 is 15.5 Å². The highest BCUT2D eigenvalue weighted by Gasteiger charge is 2.26. The predicted molar refractivity (Wildman–Crippen MR) is 121 cm³/mol. The maximum Gasteiger partial charge on any atom is 0.237 e. The fourth-order valence-corrected chi connectivity index (χ4v) is 4.19. The zero-order valence-corrected chi connectivity index (χ0v) is 18.5. The van der Waals surface area contributed by atoms with Crippen molar-refractivity contribution in [1.82, 2.24) is 4.98 Å². The highest BCUT2D eigenvalue weighted by Crippen LogP contribution is 2.38. The van der Waals surface area contributed by atoms with Crippen molar-refractivity contribution in [2.24, 2.45) is 0 Å². The second-order valence-corrected chi connectivity index (χ2v) is 8.21. The van der Waals surface area contributed by atoms with Crippen LogP contribution in [-0.4, -0.2) is 16.1 Å². The van der Waals surface area contributed by atoms with E-state index in [0.29, 0.717) is 22.9 Å². The Balaban J connectivity index is 1.99. The highest BCUT2D eigenvalue weighted by molar-refractivity contribution is 8.00. The van der Waals surface area contributed by atoms with E-state index in [9.17, 15) is 15.3 Å². The smallest absolute Gasteiger partial charge is 0.237 e. The number of nitrogens with two attached hydrogens (primary N) is 1. The van der Waals surface area contributed by atoms with Gasteiger partial charge in [-0.3, -0.25) is 4.79 Å². The van der Waals surface area contributed by atoms with Crippen molar-refractivity contribution in [2.75, 3.05) is 11.1 Å². The van der Waals surface area contributed by atoms with Gasteiger partial charge >= 0.3 is 0 Å². The normalized spacial score (nSPS) is 11.4. The fourth-order valence-electron chi connectivity index (χ4n) is 2.82. The van der Waals surface area contributed by atoms with Crippen molar-refractivity contribution in [1.29, 1.82) is 10.5 Å². The maximum absolute atomic E-state index is 12.9. The van der Waals surface area contributed by atoms with E-state index in [-0.39, 0.29) is 38.5 Å². The van der Waals surface area contributed by atoms with Gasteiger partial charge in [0, 0.05) is 0 Å². The number of nitriles is 2. The molecule has 0 bridgehead atoms. The lowest BCUT2D eigenvalue weighted by atomic mass is 10.0. The third-order valence-corrected chi connectivity index (χ3v) is 6.48. The molecule has 0 aliphatic rings. The highest BCUT2D eigenvalue weighted by atomic mass is 35.5. The van der Waals surface area contributed by atoms with Gasteiger partial charge in [-0.05, 0) is 30.7 Å². The molecule has 0 saturated carbocycles. The van der Waals surface area contributed by atoms with Crippen LogP contribution in [-0.2, 0) is 4.79 Å². The number of nitrogen functional groups attached to an aromatic ring is 1. The molecule has 0 radical (unpaired) electrons. The van der Waals surface area contributed by atoms with E-state index in [1.807, 2.05) is 13.0 Å². The number of anilines is 2. The van der Waals surface area contributed by atoms with Crippen LogP contribution in [0.15, 0.2) is 46.0 Å². The molecular formula is C21H15Cl2N5O2S. The Kier molecular flexibility index (Phi) is 7.09. The fraction of sp³-hybridized carbons (Fsp3) is 0.143. The van der Waals surface area contributed by atoms with Crippen molar-refractivity contribution in [3.8, 4) is 23.5 Å². The molecule has 10 heteroatoms. The summed E-state index contributed by atoms with van der Waals surface area (Å²) in [5.41, 5.74) is 6.76. The summed E-state index contributed by atoms with van der Waals surface area (Å²) in [5.74, 6) is -0.0827. The molecule has 1 aromatic carbocycles. The monoisotopic (exact) mass is 471 g/mol. The SMILES string of the molecule is CCC(Sc1nc(N)c(C#N)c(-c2ccco2)c1C#N)C(=O)Nc1cccc(Cl)c1Cl. The second kappa shape index (κ2) is 9.76. The van der Waals surface area contributed by atoms with Crippen LogP contribution in [0.25, 0.3) is 11.3 Å². The third-order valence-electron chi connectivity index (χ3n) is 4.31. The van der Waals surface area contributed by atoms with Gasteiger partial charge in [-0.15, -0.1) is 0 Å². The Labute approximate surface area is 192 Å². The Morgan fingerprint density at radius 3 is 2.61 bits per heavy atom. The first kappa shape index (κ1) is 22.5. The van der Waals surface area contributed by atoms with Gasteiger partial charge in [0.25, 0.3) is 0 Å². The number of furan rings is 1. The average Bonchev–Trinajstić information content (AvgIpc) is 3.29. The minimum atomic E-state index is -0.619. The number of rotatable bonds is 6. The van der Waals surface area contributed by atoms with Gasteiger partial charge in [0.2, 0.25) is 5.91 Å². The number of halogens is 2. The number of aromatic nitrogens is 1. The summed E-state index contributed by atoms with van der Waals surface area (Å²) in [6.45, 7) is 1.82. The molecule has 1 amide bonds. The zero-order valence-electron chi connectivity index (χ0n) is 16.1. The molecule has 3 N–H and O–H groups in total. The van der Waals surface area contributed by atoms with Crippen molar-refractivity contribution in [3.63, 3.8) is 0 Å². The summed E-state index contributed by atoms with van der Waals surface area (Å²) in [4.78, 5) is 17.1. The maximum atomic E-state index is 12.9. The molecule has 1 atom stereocenters. The van der Waals surface area contributed by atoms with Crippen molar-refractivity contribution in [3.05, 3.63) is 57.8 Å². The van der Waals surface area contributed by atoms with E-state index < -0.39 is 5.25 Å². The molecule has 2 heterocycles. The van der Waals surface area contributed by atoms with E-state index in [2.05, 4.69) is 16.4 Å². The van der Waals surface area contributed by atoms with Crippen molar-refractivity contribution >= 4 is 52.4 Å². The van der Waals surface area contributed by atoms with Gasteiger partial charge in [-0.2, -0.15) is 10.5 Å². The summed E-state index contributed by atoms with van der Waals surface area (Å²) < 4.78 is 5.40. The molecule has 1 unspecified atom stereocenters. The van der Waals surface area contributed by atoms with Crippen LogP contribution in [0.5, 0.6) is 0 Å². The van der Waals surface area contributed by atoms with Crippen LogP contribution in [0.4, 0.5) is 11.5 Å². The largest absolute Gasteiger partial charge is 0.464 e. The van der Waals surface area contributed by atoms with E-state index in [0.717, 1.165) is 11.8 Å². The number of thioether (sulfide) groups is 1. The quantitative estimate of drug-likeness (QED) is 0.454. The van der Waals surface area contributed by atoms with Crippen LogP contribution in [0.1, 0.15) is 24.5 Å². The van der Waals surface area contributed by atoms with Crippen molar-refractivity contribution in [2.45, 2.75) is 23.6 Å². The molecule has 0 fully saturated rings. The van der Waals surface area contributed by atoms with Gasteiger partial charge in [0.15, 0.2) is 0 Å². The standard InChI is InChI=1S/C21H15Cl2N5O2S/c1-2-16(20(29)27-14-6-3-5-13(22)18(14)23)31-21-12(10-25)17(15-7-4-8-30-15)11(9-24)19(26)28-21/h3-8,16H,2H2,1H3,(H2,26,28)(H,27,29). The van der Waals surface area contributed by atoms with Gasteiger partial charge in [0.05, 0.1) is 38.4 Å². The topological polar surface area (TPSA) is 129 Å². The Bertz CT molecular complexity index is 1220. The van der Waals surface area contributed by atoms with Gasteiger partial charge in [0.1, 0.15) is 34.3 Å². The summed E-state index contributed by atoms with van der Waals surface area (Å²) in [6.07, 6.45) is 1.86. The average molecular weight is 472 g/mol. The first-order chi connectivity index (χ1) is 14.9. The van der Waals surface area contributed by atoms with E-state index in [1.54, 1.807) is 30.3 Å². The number of benzene rings is 1. The lowest BCUT2D eigenvalue weighted by Crippen LogP contribution is -2.25. The number of carbonyl (C=O) groups is 1. The van der Waals surface area contributed by atoms with E-state index in [4.69, 9.17) is 33.4 Å². The number of nitrogens with zero attached hydrogens (tertiary/aromatic N) is 3. The summed E-state index contributed by atoms with van der Waals surface area (Å²) in [7, 11) is 0. The molecule has 0 aliphatic heterocycles. The van der Waals surface area contributed by atoms with E-state index in [1.165, 1.54) is 6.26 Å². The summed E-state index contributed by atoms with van der Waals surface area (Å²) in [6, 6.07) is 12.2. The first-order valence-corrected chi connectivity index (χ1v) is 10.6. The molecular weight excluding hydrogens is 457 g/mol. The van der Waals surface area contributed by atoms with Crippen LogP contribution >= 0.6 is 35.0 Å². The number of nitrogens with one attached hydrogen (secondary N) is 1. The number of hydrogen-bond acceptors (Lipinski definition) is 7. The van der Waals surface area contributed by atoms with Crippen LogP contribution in [0.3, 0.4) is 0 Å². The molecule has 31 heavy (non-hydrogen) atoms. The molecule has 7 nitrogen and oxygen atoms in total. The minimum absolute atomic E-state index is 0.0408. The van der Waals surface area contributed by atoms with Crippen LogP contribution < -0.4 is 11.1 Å². The Morgan fingerprint density at radius 1 is 1.26 bits per heavy atom. The molecule has 156 valence electrons. The molecule has 0 saturated heterocycles. The number of amides is 1.